The van der Waals surface area contributed by atoms with Crippen molar-refractivity contribution in [1.29, 1.82) is 0 Å². The summed E-state index contributed by atoms with van der Waals surface area (Å²) >= 11 is 19.6. The second kappa shape index (κ2) is 14.8. The number of benzene rings is 4. The summed E-state index contributed by atoms with van der Waals surface area (Å²) in [7, 11) is 0. The molecule has 208 valence electrons. The Morgan fingerprint density at radius 2 is 1.00 bits per heavy atom. The van der Waals surface area contributed by atoms with Crippen molar-refractivity contribution in [2.75, 3.05) is 13.1 Å². The number of ketones is 1. The molecule has 0 aliphatic heterocycles. The van der Waals surface area contributed by atoms with Crippen LogP contribution in [0.3, 0.4) is 0 Å². The lowest BCUT2D eigenvalue weighted by Gasteiger charge is -2.27. The summed E-state index contributed by atoms with van der Waals surface area (Å²) in [5, 5.41) is 8.51. The molecule has 4 unspecified atom stereocenters. The fraction of sp³-hybridized carbons (Fsp3) is 0.242. The van der Waals surface area contributed by atoms with Crippen LogP contribution in [0.15, 0.2) is 106 Å². The second-order valence-corrected chi connectivity index (χ2v) is 12.7. The summed E-state index contributed by atoms with van der Waals surface area (Å²) in [6.07, 6.45) is 0. The van der Waals surface area contributed by atoms with E-state index in [1.165, 1.54) is 0 Å². The maximum atomic E-state index is 14.5. The van der Waals surface area contributed by atoms with Crippen molar-refractivity contribution >= 4 is 60.8 Å². The molecule has 0 aliphatic carbocycles. The molecule has 3 nitrogen and oxygen atoms in total. The van der Waals surface area contributed by atoms with Crippen LogP contribution in [0, 0.1) is 0 Å². The summed E-state index contributed by atoms with van der Waals surface area (Å²) in [4.78, 5) is 14.5. The van der Waals surface area contributed by atoms with Crippen LogP contribution in [0.25, 0.3) is 0 Å². The predicted molar refractivity (Wildman–Crippen MR) is 175 cm³/mol. The van der Waals surface area contributed by atoms with Crippen molar-refractivity contribution in [2.24, 2.45) is 0 Å². The first-order valence-corrected chi connectivity index (χ1v) is 15.6. The van der Waals surface area contributed by atoms with Crippen LogP contribution in [0.2, 0.25) is 10.0 Å². The van der Waals surface area contributed by atoms with Gasteiger partial charge in [-0.1, -0.05) is 104 Å². The molecule has 0 saturated heterocycles. The molecule has 0 fully saturated rings. The lowest BCUT2D eigenvalue weighted by Crippen LogP contribution is -2.36. The molecule has 7 heteroatoms. The maximum absolute atomic E-state index is 14.5. The highest BCUT2D eigenvalue weighted by Gasteiger charge is 2.30. The smallest absolute Gasteiger partial charge is 0.150 e. The summed E-state index contributed by atoms with van der Waals surface area (Å²) in [5.74, 6) is -0.626. The van der Waals surface area contributed by atoms with Gasteiger partial charge in [0.1, 0.15) is 5.78 Å². The number of Topliss-reactive ketones (excluding diaryl/α,β-unsaturated/α-hetero) is 1. The van der Waals surface area contributed by atoms with Crippen molar-refractivity contribution in [3.63, 3.8) is 0 Å². The Hall–Kier alpha value is -1.99. The SMILES string of the molecule is CC(NCC(C(=O)C(CNC(C)c1cccc(Br)c1)c1ccc(Cl)cc1)c1ccc(Cl)cc1)c1cccc(Br)c1. The summed E-state index contributed by atoms with van der Waals surface area (Å²) in [6, 6.07) is 31.7. The first kappa shape index (κ1) is 31.0. The van der Waals surface area contributed by atoms with Crippen LogP contribution >= 0.6 is 55.1 Å². The summed E-state index contributed by atoms with van der Waals surface area (Å²) in [5.41, 5.74) is 4.16. The van der Waals surface area contributed by atoms with Gasteiger partial charge in [0, 0.05) is 44.2 Å². The van der Waals surface area contributed by atoms with Crippen LogP contribution < -0.4 is 10.6 Å². The average Bonchev–Trinajstić information content (AvgIpc) is 2.95. The molecule has 0 heterocycles. The number of hydrogen-bond donors (Lipinski definition) is 2. The van der Waals surface area contributed by atoms with Crippen molar-refractivity contribution in [3.05, 3.63) is 138 Å². The quantitative estimate of drug-likeness (QED) is 0.155. The zero-order valence-corrected chi connectivity index (χ0v) is 27.1. The molecule has 4 rings (SSSR count). The number of carbonyl (C=O) groups is 1. The molecule has 0 radical (unpaired) electrons. The Balaban J connectivity index is 1.61. The third-order valence-electron chi connectivity index (χ3n) is 7.19. The van der Waals surface area contributed by atoms with Crippen LogP contribution in [-0.4, -0.2) is 18.9 Å². The number of carbonyl (C=O) groups excluding carboxylic acids is 1. The maximum Gasteiger partial charge on any atom is 0.150 e. The number of rotatable bonds is 12. The summed E-state index contributed by atoms with van der Waals surface area (Å²) in [6.45, 7) is 5.20. The van der Waals surface area contributed by atoms with Gasteiger partial charge in [-0.05, 0) is 84.6 Å². The number of nitrogens with one attached hydrogen (secondary N) is 2. The van der Waals surface area contributed by atoms with Crippen molar-refractivity contribution < 1.29 is 4.79 Å². The Bertz CT molecular complexity index is 1310. The van der Waals surface area contributed by atoms with Gasteiger partial charge >= 0.3 is 0 Å². The van der Waals surface area contributed by atoms with Gasteiger partial charge < -0.3 is 10.6 Å². The molecule has 4 atom stereocenters. The van der Waals surface area contributed by atoms with Gasteiger partial charge in [0.05, 0.1) is 11.8 Å². The van der Waals surface area contributed by atoms with E-state index in [4.69, 9.17) is 23.2 Å². The Labute approximate surface area is 263 Å². The van der Waals surface area contributed by atoms with Gasteiger partial charge in [-0.2, -0.15) is 0 Å². The molecule has 4 aromatic carbocycles. The second-order valence-electron chi connectivity index (χ2n) is 9.98. The summed E-state index contributed by atoms with van der Waals surface area (Å²) < 4.78 is 2.05. The number of halogens is 4. The van der Waals surface area contributed by atoms with Gasteiger partial charge in [-0.15, -0.1) is 0 Å². The Kier molecular flexibility index (Phi) is 11.4. The molecule has 0 aliphatic rings. The van der Waals surface area contributed by atoms with Crippen LogP contribution in [0.1, 0.15) is 60.0 Å². The molecule has 2 N–H and O–H groups in total. The largest absolute Gasteiger partial charge is 0.309 e. The minimum atomic E-state index is -0.379. The molecule has 0 aromatic heterocycles. The third kappa shape index (κ3) is 8.51. The van der Waals surface area contributed by atoms with E-state index in [1.807, 2.05) is 72.8 Å². The van der Waals surface area contributed by atoms with Gasteiger partial charge in [0.25, 0.3) is 0 Å². The molecule has 0 spiro atoms. The van der Waals surface area contributed by atoms with E-state index in [0.29, 0.717) is 23.1 Å². The fourth-order valence-corrected chi connectivity index (χ4v) is 5.86. The van der Waals surface area contributed by atoms with E-state index in [9.17, 15) is 4.79 Å². The minimum Gasteiger partial charge on any atom is -0.309 e. The van der Waals surface area contributed by atoms with Gasteiger partial charge in [-0.3, -0.25) is 4.79 Å². The van der Waals surface area contributed by atoms with Crippen LogP contribution in [0.5, 0.6) is 0 Å². The van der Waals surface area contributed by atoms with E-state index in [1.54, 1.807) is 0 Å². The van der Waals surface area contributed by atoms with E-state index < -0.39 is 0 Å². The first-order valence-electron chi connectivity index (χ1n) is 13.2. The molecule has 4 aromatic rings. The van der Waals surface area contributed by atoms with E-state index in [0.717, 1.165) is 31.2 Å². The Morgan fingerprint density at radius 3 is 1.35 bits per heavy atom. The molecular formula is C33H32Br2Cl2N2O. The monoisotopic (exact) mass is 700 g/mol. The van der Waals surface area contributed by atoms with Gasteiger partial charge in [-0.25, -0.2) is 0 Å². The van der Waals surface area contributed by atoms with Crippen LogP contribution in [-0.2, 0) is 4.79 Å². The molecule has 40 heavy (non-hydrogen) atoms. The molecule has 0 bridgehead atoms. The normalized spacial score (nSPS) is 14.3. The standard InChI is InChI=1S/C33H32Br2Cl2N2O/c1-21(25-5-3-7-27(34)17-25)38-19-31(23-9-13-29(36)14-10-23)33(40)32(24-11-15-30(37)16-12-24)20-39-22(2)26-6-4-8-28(35)18-26/h3-18,21-22,31-32,38-39H,19-20H2,1-2H3. The minimum absolute atomic E-state index is 0.0590. The van der Waals surface area contributed by atoms with E-state index >= 15 is 0 Å². The van der Waals surface area contributed by atoms with Crippen molar-refractivity contribution in [1.82, 2.24) is 10.6 Å². The topological polar surface area (TPSA) is 41.1 Å². The predicted octanol–water partition coefficient (Wildman–Crippen LogP) is 9.66. The number of hydrogen-bond acceptors (Lipinski definition) is 3. The third-order valence-corrected chi connectivity index (χ3v) is 8.68. The molecular weight excluding hydrogens is 671 g/mol. The van der Waals surface area contributed by atoms with Gasteiger partial charge in [0.2, 0.25) is 0 Å². The highest BCUT2D eigenvalue weighted by atomic mass is 79.9. The lowest BCUT2D eigenvalue weighted by atomic mass is 9.83. The highest BCUT2D eigenvalue weighted by molar-refractivity contribution is 9.10. The van der Waals surface area contributed by atoms with Gasteiger partial charge in [0.15, 0.2) is 0 Å². The fourth-order valence-electron chi connectivity index (χ4n) is 4.78. The van der Waals surface area contributed by atoms with E-state index in [-0.39, 0.29) is 29.7 Å². The molecule has 0 saturated carbocycles. The van der Waals surface area contributed by atoms with Crippen molar-refractivity contribution in [3.8, 4) is 0 Å². The lowest BCUT2D eigenvalue weighted by molar-refractivity contribution is -0.121. The first-order chi connectivity index (χ1) is 19.2. The Morgan fingerprint density at radius 1 is 0.625 bits per heavy atom. The van der Waals surface area contributed by atoms with Crippen LogP contribution in [0.4, 0.5) is 0 Å². The van der Waals surface area contributed by atoms with Crippen molar-refractivity contribution in [2.45, 2.75) is 37.8 Å². The average molecular weight is 703 g/mol. The zero-order chi connectivity index (χ0) is 28.6. The zero-order valence-electron chi connectivity index (χ0n) is 22.4. The highest BCUT2D eigenvalue weighted by Crippen LogP contribution is 2.30. The van der Waals surface area contributed by atoms with E-state index in [2.05, 4.69) is 80.6 Å². The molecule has 0 amide bonds.